The lowest BCUT2D eigenvalue weighted by Gasteiger charge is -2.08. The lowest BCUT2D eigenvalue weighted by Crippen LogP contribution is -1.97. The van der Waals surface area contributed by atoms with Crippen LogP contribution in [-0.2, 0) is 7.05 Å². The van der Waals surface area contributed by atoms with Gasteiger partial charge in [0.2, 0.25) is 5.88 Å². The average molecular weight is 317 g/mol. The lowest BCUT2D eigenvalue weighted by atomic mass is 10.3. The summed E-state index contributed by atoms with van der Waals surface area (Å²) >= 11 is 9.40. The molecule has 6 heteroatoms. The zero-order chi connectivity index (χ0) is 12.6. The Hall–Kier alpha value is -1.20. The van der Waals surface area contributed by atoms with Crippen molar-refractivity contribution in [1.82, 2.24) is 9.78 Å². The summed E-state index contributed by atoms with van der Waals surface area (Å²) < 4.78 is 8.15. The fourth-order valence-electron chi connectivity index (χ4n) is 1.43. The number of hydrogen-bond donors (Lipinski definition) is 1. The van der Waals surface area contributed by atoms with Crippen LogP contribution in [0.1, 0.15) is 5.69 Å². The van der Waals surface area contributed by atoms with Crippen LogP contribution in [0.5, 0.6) is 11.6 Å². The summed E-state index contributed by atoms with van der Waals surface area (Å²) in [4.78, 5) is 0. The van der Waals surface area contributed by atoms with E-state index in [2.05, 4.69) is 21.0 Å². The van der Waals surface area contributed by atoms with Crippen molar-refractivity contribution in [3.63, 3.8) is 0 Å². The first-order chi connectivity index (χ1) is 7.99. The summed E-state index contributed by atoms with van der Waals surface area (Å²) in [5, 5.41) is 4.69. The molecule has 0 atom stereocenters. The minimum absolute atomic E-state index is 0.488. The van der Waals surface area contributed by atoms with Crippen molar-refractivity contribution in [3.05, 3.63) is 33.4 Å². The molecule has 2 aromatic rings. The maximum atomic E-state index is 6.04. The number of anilines is 1. The molecule has 90 valence electrons. The molecular weight excluding hydrogens is 305 g/mol. The minimum atomic E-state index is 0.488. The number of aromatic nitrogens is 2. The second-order valence-corrected chi connectivity index (χ2v) is 4.93. The predicted octanol–water partition coefficient (Wildman–Crippen LogP) is 3.52. The van der Waals surface area contributed by atoms with Crippen LogP contribution in [0, 0.1) is 6.92 Å². The average Bonchev–Trinajstić information content (AvgIpc) is 2.50. The molecule has 0 aliphatic heterocycles. The Morgan fingerprint density at radius 1 is 1.47 bits per heavy atom. The molecule has 2 N–H and O–H groups in total. The molecule has 0 unspecified atom stereocenters. The van der Waals surface area contributed by atoms with Gasteiger partial charge in [-0.3, -0.25) is 0 Å². The molecule has 0 aliphatic rings. The van der Waals surface area contributed by atoms with E-state index in [4.69, 9.17) is 22.1 Å². The number of nitrogen functional groups attached to an aromatic ring is 1. The molecule has 0 aliphatic carbocycles. The Balaban J connectivity index is 2.41. The third-order valence-electron chi connectivity index (χ3n) is 2.31. The fraction of sp³-hybridized carbons (Fsp3) is 0.182. The molecule has 17 heavy (non-hydrogen) atoms. The first kappa shape index (κ1) is 12.3. The lowest BCUT2D eigenvalue weighted by molar-refractivity contribution is 0.432. The Labute approximate surface area is 112 Å². The molecule has 0 spiro atoms. The number of nitrogens with zero attached hydrogens (tertiary/aromatic N) is 2. The van der Waals surface area contributed by atoms with Crippen LogP contribution in [-0.4, -0.2) is 9.78 Å². The number of nitrogens with two attached hydrogens (primary N) is 1. The van der Waals surface area contributed by atoms with E-state index in [1.54, 1.807) is 23.9 Å². The van der Waals surface area contributed by atoms with Gasteiger partial charge in [0.1, 0.15) is 11.4 Å². The predicted molar refractivity (Wildman–Crippen MR) is 71.6 cm³/mol. The molecule has 1 aromatic heterocycles. The van der Waals surface area contributed by atoms with Gasteiger partial charge in [-0.15, -0.1) is 0 Å². The van der Waals surface area contributed by atoms with Gasteiger partial charge in [-0.05, 0) is 25.1 Å². The molecule has 2 rings (SSSR count). The molecule has 0 radical (unpaired) electrons. The van der Waals surface area contributed by atoms with E-state index >= 15 is 0 Å². The van der Waals surface area contributed by atoms with Crippen LogP contribution in [0.3, 0.4) is 0 Å². The van der Waals surface area contributed by atoms with Crippen LogP contribution >= 0.6 is 27.5 Å². The SMILES string of the molecule is Cc1nn(C)c(Oc2cc(Br)ccc2Cl)c1N. The monoisotopic (exact) mass is 315 g/mol. The van der Waals surface area contributed by atoms with E-state index in [0.717, 1.165) is 10.2 Å². The second-order valence-electron chi connectivity index (χ2n) is 3.60. The highest BCUT2D eigenvalue weighted by Gasteiger charge is 2.14. The largest absolute Gasteiger partial charge is 0.436 e. The molecule has 4 nitrogen and oxygen atoms in total. The van der Waals surface area contributed by atoms with Crippen LogP contribution in [0.15, 0.2) is 22.7 Å². The van der Waals surface area contributed by atoms with E-state index in [1.165, 1.54) is 0 Å². The normalized spacial score (nSPS) is 10.6. The number of halogens is 2. The highest BCUT2D eigenvalue weighted by molar-refractivity contribution is 9.10. The van der Waals surface area contributed by atoms with Crippen molar-refractivity contribution in [2.75, 3.05) is 5.73 Å². The molecular formula is C11H11BrClN3O. The summed E-state index contributed by atoms with van der Waals surface area (Å²) in [5.41, 5.74) is 7.12. The van der Waals surface area contributed by atoms with Crippen LogP contribution < -0.4 is 10.5 Å². The molecule has 0 fully saturated rings. The summed E-state index contributed by atoms with van der Waals surface area (Å²) in [6.45, 7) is 1.82. The van der Waals surface area contributed by atoms with Gasteiger partial charge in [0, 0.05) is 11.5 Å². The highest BCUT2D eigenvalue weighted by atomic mass is 79.9. The zero-order valence-electron chi connectivity index (χ0n) is 9.37. The number of rotatable bonds is 2. The van der Waals surface area contributed by atoms with E-state index < -0.39 is 0 Å². The van der Waals surface area contributed by atoms with E-state index in [-0.39, 0.29) is 0 Å². The van der Waals surface area contributed by atoms with Gasteiger partial charge in [0.25, 0.3) is 0 Å². The number of hydrogen-bond acceptors (Lipinski definition) is 3. The van der Waals surface area contributed by atoms with E-state index in [1.807, 2.05) is 13.0 Å². The Bertz CT molecular complexity index is 568. The van der Waals surface area contributed by atoms with Gasteiger partial charge in [0.05, 0.1) is 10.7 Å². The van der Waals surface area contributed by atoms with Crippen molar-refractivity contribution < 1.29 is 4.74 Å². The minimum Gasteiger partial charge on any atom is -0.436 e. The van der Waals surface area contributed by atoms with Crippen LogP contribution in [0.2, 0.25) is 5.02 Å². The standard InChI is InChI=1S/C11H11BrClN3O/c1-6-10(14)11(16(2)15-6)17-9-5-7(12)3-4-8(9)13/h3-5H,14H2,1-2H3. The molecule has 0 bridgehead atoms. The molecule has 0 saturated heterocycles. The maximum absolute atomic E-state index is 6.04. The smallest absolute Gasteiger partial charge is 0.241 e. The van der Waals surface area contributed by atoms with Crippen molar-refractivity contribution in [2.24, 2.45) is 7.05 Å². The summed E-state index contributed by atoms with van der Waals surface area (Å²) in [7, 11) is 1.77. The van der Waals surface area contributed by atoms with Gasteiger partial charge < -0.3 is 10.5 Å². The topological polar surface area (TPSA) is 53.1 Å². The molecule has 0 amide bonds. The second kappa shape index (κ2) is 4.58. The Morgan fingerprint density at radius 2 is 2.18 bits per heavy atom. The maximum Gasteiger partial charge on any atom is 0.241 e. The fourth-order valence-corrected chi connectivity index (χ4v) is 1.93. The van der Waals surface area contributed by atoms with E-state index in [0.29, 0.717) is 22.3 Å². The van der Waals surface area contributed by atoms with Crippen LogP contribution in [0.4, 0.5) is 5.69 Å². The number of ether oxygens (including phenoxy) is 1. The van der Waals surface area contributed by atoms with Crippen molar-refractivity contribution >= 4 is 33.2 Å². The van der Waals surface area contributed by atoms with Crippen molar-refractivity contribution in [3.8, 4) is 11.6 Å². The molecule has 1 aromatic carbocycles. The Morgan fingerprint density at radius 3 is 2.76 bits per heavy atom. The summed E-state index contributed by atoms with van der Waals surface area (Å²) in [5.74, 6) is 1.03. The van der Waals surface area contributed by atoms with Crippen LogP contribution in [0.25, 0.3) is 0 Å². The van der Waals surface area contributed by atoms with Gasteiger partial charge in [0.15, 0.2) is 0 Å². The van der Waals surface area contributed by atoms with Crippen molar-refractivity contribution in [2.45, 2.75) is 6.92 Å². The van der Waals surface area contributed by atoms with Gasteiger partial charge >= 0.3 is 0 Å². The summed E-state index contributed by atoms with van der Waals surface area (Å²) in [6.07, 6.45) is 0. The Kier molecular flexibility index (Phi) is 3.31. The highest BCUT2D eigenvalue weighted by Crippen LogP contribution is 2.35. The first-order valence-electron chi connectivity index (χ1n) is 4.91. The molecule has 0 saturated carbocycles. The third-order valence-corrected chi connectivity index (χ3v) is 3.12. The number of aryl methyl sites for hydroxylation is 2. The van der Waals surface area contributed by atoms with Gasteiger partial charge in [-0.2, -0.15) is 5.10 Å². The zero-order valence-corrected chi connectivity index (χ0v) is 11.7. The quantitative estimate of drug-likeness (QED) is 0.922. The number of benzene rings is 1. The van der Waals surface area contributed by atoms with Crippen molar-refractivity contribution in [1.29, 1.82) is 0 Å². The van der Waals surface area contributed by atoms with Gasteiger partial charge in [-0.1, -0.05) is 27.5 Å². The summed E-state index contributed by atoms with van der Waals surface area (Å²) in [6, 6.07) is 5.37. The van der Waals surface area contributed by atoms with E-state index in [9.17, 15) is 0 Å². The molecule has 1 heterocycles. The van der Waals surface area contributed by atoms with Gasteiger partial charge in [-0.25, -0.2) is 4.68 Å². The first-order valence-corrected chi connectivity index (χ1v) is 6.08. The third kappa shape index (κ3) is 2.40.